The molecule has 0 aromatic heterocycles. The van der Waals surface area contributed by atoms with Gasteiger partial charge in [0.1, 0.15) is 11.6 Å². The van der Waals surface area contributed by atoms with Crippen LogP contribution in [0.3, 0.4) is 0 Å². The summed E-state index contributed by atoms with van der Waals surface area (Å²) < 4.78 is 5.41. The molecule has 0 aliphatic heterocycles. The summed E-state index contributed by atoms with van der Waals surface area (Å²) in [6.45, 7) is 0. The average molecular weight is 275 g/mol. The van der Waals surface area contributed by atoms with Gasteiger partial charge in [-0.05, 0) is 17.7 Å². The molecule has 0 unspecified atom stereocenters. The first-order valence-corrected chi connectivity index (χ1v) is 6.40. The van der Waals surface area contributed by atoms with E-state index in [1.807, 2.05) is 48.5 Å². The second-order valence-corrected chi connectivity index (χ2v) is 4.25. The van der Waals surface area contributed by atoms with Crippen LogP contribution >= 0.6 is 11.6 Å². The number of nitrogens with two attached hydrogens (primary N) is 1. The normalized spacial score (nSPS) is 11.4. The van der Waals surface area contributed by atoms with Crippen molar-refractivity contribution in [2.45, 2.75) is 0 Å². The number of ether oxygens (including phenoxy) is 1. The minimum absolute atomic E-state index is 0.211. The lowest BCUT2D eigenvalue weighted by atomic mass is 10.0. The highest BCUT2D eigenvalue weighted by molar-refractivity contribution is 6.28. The Hall–Kier alpha value is -2.00. The monoisotopic (exact) mass is 274 g/mol. The van der Waals surface area contributed by atoms with Crippen LogP contribution in [-0.2, 0) is 0 Å². The smallest absolute Gasteiger partial charge is 0.128 e. The van der Waals surface area contributed by atoms with Crippen LogP contribution in [0.2, 0.25) is 0 Å². The van der Waals surface area contributed by atoms with Crippen LogP contribution < -0.4 is 10.5 Å². The van der Waals surface area contributed by atoms with Gasteiger partial charge in [0.25, 0.3) is 0 Å². The summed E-state index contributed by atoms with van der Waals surface area (Å²) in [4.78, 5) is 4.20. The van der Waals surface area contributed by atoms with E-state index in [-0.39, 0.29) is 5.88 Å². The molecule has 0 spiro atoms. The first kappa shape index (κ1) is 13.4. The van der Waals surface area contributed by atoms with Crippen molar-refractivity contribution in [2.24, 2.45) is 10.7 Å². The first-order chi connectivity index (χ1) is 9.24. The van der Waals surface area contributed by atoms with E-state index in [4.69, 9.17) is 22.1 Å². The van der Waals surface area contributed by atoms with E-state index in [1.165, 1.54) is 0 Å². The van der Waals surface area contributed by atoms with Crippen LogP contribution in [0.1, 0.15) is 0 Å². The maximum atomic E-state index is 5.62. The van der Waals surface area contributed by atoms with Gasteiger partial charge >= 0.3 is 0 Å². The number of rotatable bonds is 4. The second kappa shape index (κ2) is 6.25. The van der Waals surface area contributed by atoms with Gasteiger partial charge in [0.05, 0.1) is 18.7 Å². The molecule has 0 atom stereocenters. The summed E-state index contributed by atoms with van der Waals surface area (Å²) in [6, 6.07) is 15.7. The van der Waals surface area contributed by atoms with Crippen LogP contribution in [0.15, 0.2) is 53.5 Å². The molecule has 2 aromatic carbocycles. The minimum Gasteiger partial charge on any atom is -0.496 e. The molecule has 4 heteroatoms. The van der Waals surface area contributed by atoms with E-state index in [0.29, 0.717) is 5.84 Å². The van der Waals surface area contributed by atoms with E-state index in [9.17, 15) is 0 Å². The van der Waals surface area contributed by atoms with Crippen molar-refractivity contribution in [2.75, 3.05) is 13.0 Å². The van der Waals surface area contributed by atoms with Crippen LogP contribution in [0.4, 0.5) is 5.69 Å². The van der Waals surface area contributed by atoms with Gasteiger partial charge in [-0.2, -0.15) is 0 Å². The third kappa shape index (κ3) is 3.26. The zero-order chi connectivity index (χ0) is 13.7. The third-order valence-corrected chi connectivity index (χ3v) is 2.95. The van der Waals surface area contributed by atoms with Crippen LogP contribution in [0.25, 0.3) is 11.1 Å². The SMILES string of the molecule is COc1cc(N=C(N)CCl)ccc1-c1ccccc1. The van der Waals surface area contributed by atoms with E-state index < -0.39 is 0 Å². The number of alkyl halides is 1. The van der Waals surface area contributed by atoms with Gasteiger partial charge in [0.2, 0.25) is 0 Å². The van der Waals surface area contributed by atoms with Crippen LogP contribution in [-0.4, -0.2) is 18.8 Å². The molecule has 0 saturated carbocycles. The summed E-state index contributed by atoms with van der Waals surface area (Å²) >= 11 is 5.62. The molecule has 0 fully saturated rings. The van der Waals surface area contributed by atoms with E-state index >= 15 is 0 Å². The number of hydrogen-bond donors (Lipinski definition) is 1. The lowest BCUT2D eigenvalue weighted by molar-refractivity contribution is 0.416. The molecule has 0 saturated heterocycles. The highest BCUT2D eigenvalue weighted by Crippen LogP contribution is 2.33. The maximum absolute atomic E-state index is 5.62. The number of nitrogens with zero attached hydrogens (tertiary/aromatic N) is 1. The Morgan fingerprint density at radius 1 is 1.21 bits per heavy atom. The number of methoxy groups -OCH3 is 1. The summed E-state index contributed by atoms with van der Waals surface area (Å²) in [5.74, 6) is 1.36. The second-order valence-electron chi connectivity index (χ2n) is 3.99. The third-order valence-electron chi connectivity index (χ3n) is 2.68. The van der Waals surface area contributed by atoms with E-state index in [2.05, 4.69) is 4.99 Å². The Bertz CT molecular complexity index is 582. The molecule has 0 aliphatic rings. The molecule has 3 nitrogen and oxygen atoms in total. The van der Waals surface area contributed by atoms with Crippen molar-refractivity contribution in [3.63, 3.8) is 0 Å². The number of amidine groups is 1. The van der Waals surface area contributed by atoms with Gasteiger partial charge in [-0.15, -0.1) is 11.6 Å². The summed E-state index contributed by atoms with van der Waals surface area (Å²) in [7, 11) is 1.64. The predicted molar refractivity (Wildman–Crippen MR) is 80.4 cm³/mol. The van der Waals surface area contributed by atoms with Crippen LogP contribution in [0.5, 0.6) is 5.75 Å². The van der Waals surface area contributed by atoms with Crippen molar-refractivity contribution in [3.05, 3.63) is 48.5 Å². The first-order valence-electron chi connectivity index (χ1n) is 5.87. The maximum Gasteiger partial charge on any atom is 0.128 e. The quantitative estimate of drug-likeness (QED) is 0.526. The molecule has 98 valence electrons. The van der Waals surface area contributed by atoms with Crippen molar-refractivity contribution in [1.29, 1.82) is 0 Å². The van der Waals surface area contributed by atoms with E-state index in [1.54, 1.807) is 7.11 Å². The van der Waals surface area contributed by atoms with Crippen molar-refractivity contribution in [3.8, 4) is 16.9 Å². The summed E-state index contributed by atoms with van der Waals surface area (Å²) in [5.41, 5.74) is 8.47. The van der Waals surface area contributed by atoms with Crippen molar-refractivity contribution in [1.82, 2.24) is 0 Å². The highest BCUT2D eigenvalue weighted by Gasteiger charge is 2.06. The van der Waals surface area contributed by atoms with Gasteiger partial charge in [0.15, 0.2) is 0 Å². The fourth-order valence-corrected chi connectivity index (χ4v) is 1.86. The Morgan fingerprint density at radius 2 is 1.95 bits per heavy atom. The molecule has 0 bridgehead atoms. The van der Waals surface area contributed by atoms with Gasteiger partial charge in [-0.3, -0.25) is 0 Å². The standard InChI is InChI=1S/C15H15ClN2O/c1-19-14-9-12(18-15(17)10-16)7-8-13(14)11-5-3-2-4-6-11/h2-9H,10H2,1H3,(H2,17,18). The number of halogens is 1. The van der Waals surface area contributed by atoms with Crippen molar-refractivity contribution < 1.29 is 4.74 Å². The Labute approximate surface area is 117 Å². The average Bonchev–Trinajstić information content (AvgIpc) is 2.47. The predicted octanol–water partition coefficient (Wildman–Crippen LogP) is 3.59. The fourth-order valence-electron chi connectivity index (χ4n) is 1.80. The fraction of sp³-hybridized carbons (Fsp3) is 0.133. The number of aliphatic imine (C=N–C) groups is 1. The molecule has 0 radical (unpaired) electrons. The highest BCUT2D eigenvalue weighted by atomic mass is 35.5. The topological polar surface area (TPSA) is 47.6 Å². The minimum atomic E-state index is 0.211. The molecule has 0 heterocycles. The van der Waals surface area contributed by atoms with Gasteiger partial charge in [-0.25, -0.2) is 4.99 Å². The summed E-state index contributed by atoms with van der Waals surface area (Å²) in [5, 5.41) is 0. The van der Waals surface area contributed by atoms with E-state index in [0.717, 1.165) is 22.6 Å². The molecule has 0 aliphatic carbocycles. The van der Waals surface area contributed by atoms with Gasteiger partial charge < -0.3 is 10.5 Å². The molecular weight excluding hydrogens is 260 g/mol. The number of hydrogen-bond acceptors (Lipinski definition) is 2. The molecule has 2 aromatic rings. The zero-order valence-corrected chi connectivity index (χ0v) is 11.4. The van der Waals surface area contributed by atoms with Crippen LogP contribution in [0, 0.1) is 0 Å². The molecule has 2 N–H and O–H groups in total. The molecule has 0 amide bonds. The lowest BCUT2D eigenvalue weighted by Crippen LogP contribution is -2.12. The lowest BCUT2D eigenvalue weighted by Gasteiger charge is -2.09. The molecular formula is C15H15ClN2O. The Kier molecular flexibility index (Phi) is 4.42. The Balaban J connectivity index is 2.43. The molecule has 19 heavy (non-hydrogen) atoms. The van der Waals surface area contributed by atoms with Gasteiger partial charge in [0, 0.05) is 11.6 Å². The number of benzene rings is 2. The molecule has 2 rings (SSSR count). The largest absolute Gasteiger partial charge is 0.496 e. The van der Waals surface area contributed by atoms with Crippen molar-refractivity contribution >= 4 is 23.1 Å². The van der Waals surface area contributed by atoms with Gasteiger partial charge in [-0.1, -0.05) is 30.3 Å². The summed E-state index contributed by atoms with van der Waals surface area (Å²) in [6.07, 6.45) is 0. The zero-order valence-electron chi connectivity index (χ0n) is 10.6. The Morgan fingerprint density at radius 3 is 2.58 bits per heavy atom.